The van der Waals surface area contributed by atoms with Gasteiger partial charge in [-0.05, 0) is 43.0 Å². The van der Waals surface area contributed by atoms with E-state index in [1.165, 1.54) is 0 Å². The average Bonchev–Trinajstić information content (AvgIpc) is 3.15. The van der Waals surface area contributed by atoms with Crippen molar-refractivity contribution in [2.75, 3.05) is 6.54 Å². The third-order valence-electron chi connectivity index (χ3n) is 4.46. The van der Waals surface area contributed by atoms with Crippen LogP contribution in [0.5, 0.6) is 0 Å². The van der Waals surface area contributed by atoms with Gasteiger partial charge in [-0.3, -0.25) is 9.59 Å². The van der Waals surface area contributed by atoms with Crippen LogP contribution < -0.4 is 5.73 Å². The van der Waals surface area contributed by atoms with Crippen molar-refractivity contribution in [2.24, 2.45) is 5.73 Å². The normalized spacial score (nSPS) is 17.8. The predicted octanol–water partition coefficient (Wildman–Crippen LogP) is 2.14. The maximum absolute atomic E-state index is 12.5. The van der Waals surface area contributed by atoms with E-state index < -0.39 is 0 Å². The van der Waals surface area contributed by atoms with Crippen molar-refractivity contribution in [2.45, 2.75) is 31.7 Å². The van der Waals surface area contributed by atoms with Gasteiger partial charge in [0.25, 0.3) is 0 Å². The highest BCUT2D eigenvalue weighted by Gasteiger charge is 2.26. The SMILES string of the molecule is NC(=O)CC1CCCCN1C(=O)C=Cc1ccc(-n2ccnc2)cc1. The summed E-state index contributed by atoms with van der Waals surface area (Å²) < 4.78 is 1.92. The Hall–Kier alpha value is -2.89. The van der Waals surface area contributed by atoms with E-state index in [0.29, 0.717) is 6.54 Å². The van der Waals surface area contributed by atoms with Gasteiger partial charge in [0.15, 0.2) is 0 Å². The lowest BCUT2D eigenvalue weighted by molar-refractivity contribution is -0.130. The predicted molar refractivity (Wildman–Crippen MR) is 95.8 cm³/mol. The Morgan fingerprint density at radius 3 is 2.72 bits per heavy atom. The number of primary amides is 1. The number of carbonyl (C=O) groups is 2. The zero-order valence-electron chi connectivity index (χ0n) is 14.0. The summed E-state index contributed by atoms with van der Waals surface area (Å²) in [5.41, 5.74) is 7.26. The van der Waals surface area contributed by atoms with Gasteiger partial charge in [-0.2, -0.15) is 0 Å². The maximum Gasteiger partial charge on any atom is 0.246 e. The summed E-state index contributed by atoms with van der Waals surface area (Å²) in [5.74, 6) is -0.423. The van der Waals surface area contributed by atoms with Gasteiger partial charge in [0, 0.05) is 43.2 Å². The molecule has 2 aromatic rings. The van der Waals surface area contributed by atoms with E-state index in [4.69, 9.17) is 5.73 Å². The first-order valence-corrected chi connectivity index (χ1v) is 8.49. The van der Waals surface area contributed by atoms with E-state index in [9.17, 15) is 9.59 Å². The number of aromatic nitrogens is 2. The molecule has 2 heterocycles. The minimum atomic E-state index is -0.358. The number of piperidine rings is 1. The number of carbonyl (C=O) groups excluding carboxylic acids is 2. The van der Waals surface area contributed by atoms with Crippen LogP contribution in [0.3, 0.4) is 0 Å². The molecule has 0 bridgehead atoms. The minimum absolute atomic E-state index is 0.0652. The average molecular weight is 338 g/mol. The summed E-state index contributed by atoms with van der Waals surface area (Å²) in [6.07, 6.45) is 11.8. The van der Waals surface area contributed by atoms with E-state index >= 15 is 0 Å². The van der Waals surface area contributed by atoms with Crippen molar-refractivity contribution < 1.29 is 9.59 Å². The van der Waals surface area contributed by atoms with Crippen LogP contribution in [-0.2, 0) is 9.59 Å². The summed E-state index contributed by atoms with van der Waals surface area (Å²) in [7, 11) is 0. The quantitative estimate of drug-likeness (QED) is 0.848. The smallest absolute Gasteiger partial charge is 0.246 e. The molecule has 6 heteroatoms. The van der Waals surface area contributed by atoms with E-state index in [1.54, 1.807) is 29.6 Å². The van der Waals surface area contributed by atoms with Gasteiger partial charge in [-0.25, -0.2) is 4.98 Å². The number of nitrogens with zero attached hydrogens (tertiary/aromatic N) is 3. The Kier molecular flexibility index (Phi) is 5.28. The fourth-order valence-corrected chi connectivity index (χ4v) is 3.17. The Bertz CT molecular complexity index is 750. The van der Waals surface area contributed by atoms with Crippen molar-refractivity contribution in [1.29, 1.82) is 0 Å². The molecule has 0 aliphatic carbocycles. The van der Waals surface area contributed by atoms with Gasteiger partial charge in [-0.15, -0.1) is 0 Å². The number of hydrogen-bond donors (Lipinski definition) is 1. The van der Waals surface area contributed by atoms with Crippen LogP contribution >= 0.6 is 0 Å². The molecule has 2 N–H and O–H groups in total. The summed E-state index contributed by atoms with van der Waals surface area (Å²) in [4.78, 5) is 29.5. The molecule has 1 aliphatic rings. The Balaban J connectivity index is 1.66. The third-order valence-corrected chi connectivity index (χ3v) is 4.46. The van der Waals surface area contributed by atoms with Crippen LogP contribution in [0.2, 0.25) is 0 Å². The lowest BCUT2D eigenvalue weighted by Gasteiger charge is -2.34. The number of benzene rings is 1. The van der Waals surface area contributed by atoms with Gasteiger partial charge < -0.3 is 15.2 Å². The van der Waals surface area contributed by atoms with Crippen LogP contribution in [0.15, 0.2) is 49.1 Å². The highest BCUT2D eigenvalue weighted by atomic mass is 16.2. The summed E-state index contributed by atoms with van der Waals surface area (Å²) >= 11 is 0. The zero-order chi connectivity index (χ0) is 17.6. The molecule has 1 unspecified atom stereocenters. The number of rotatable bonds is 5. The first-order chi connectivity index (χ1) is 12.1. The number of imidazole rings is 1. The van der Waals surface area contributed by atoms with Crippen LogP contribution in [0.4, 0.5) is 0 Å². The fraction of sp³-hybridized carbons (Fsp3) is 0.316. The van der Waals surface area contributed by atoms with Gasteiger partial charge in [0.2, 0.25) is 11.8 Å². The topological polar surface area (TPSA) is 81.2 Å². The zero-order valence-corrected chi connectivity index (χ0v) is 14.0. The lowest BCUT2D eigenvalue weighted by Crippen LogP contribution is -2.44. The Morgan fingerprint density at radius 2 is 2.04 bits per heavy atom. The van der Waals surface area contributed by atoms with E-state index in [0.717, 1.165) is 30.5 Å². The molecule has 25 heavy (non-hydrogen) atoms. The lowest BCUT2D eigenvalue weighted by atomic mass is 9.99. The first-order valence-electron chi connectivity index (χ1n) is 8.49. The highest BCUT2D eigenvalue weighted by molar-refractivity contribution is 5.92. The molecule has 1 aromatic heterocycles. The molecule has 1 aromatic carbocycles. The van der Waals surface area contributed by atoms with Gasteiger partial charge >= 0.3 is 0 Å². The third kappa shape index (κ3) is 4.35. The summed E-state index contributed by atoms with van der Waals surface area (Å²) in [6, 6.07) is 7.78. The van der Waals surface area contributed by atoms with Crippen molar-refractivity contribution in [3.05, 3.63) is 54.6 Å². The Labute approximate surface area is 147 Å². The van der Waals surface area contributed by atoms with Crippen LogP contribution in [-0.4, -0.2) is 38.9 Å². The van der Waals surface area contributed by atoms with Gasteiger partial charge in [0.1, 0.15) is 0 Å². The summed E-state index contributed by atoms with van der Waals surface area (Å²) in [6.45, 7) is 0.681. The standard InChI is InChI=1S/C19H22N4O2/c20-18(24)13-17-3-1-2-11-23(17)19(25)9-6-15-4-7-16(8-5-15)22-12-10-21-14-22/h4-10,12,14,17H,1-3,11,13H2,(H2,20,24). The largest absolute Gasteiger partial charge is 0.370 e. The van der Waals surface area contributed by atoms with E-state index in [-0.39, 0.29) is 24.3 Å². The maximum atomic E-state index is 12.5. The molecule has 1 atom stereocenters. The summed E-state index contributed by atoms with van der Waals surface area (Å²) in [5, 5.41) is 0. The molecule has 130 valence electrons. The second-order valence-electron chi connectivity index (χ2n) is 6.25. The van der Waals surface area contributed by atoms with Crippen LogP contribution in [0.1, 0.15) is 31.2 Å². The molecule has 3 rings (SSSR count). The van der Waals surface area contributed by atoms with E-state index in [2.05, 4.69) is 4.98 Å². The number of nitrogens with two attached hydrogens (primary N) is 1. The van der Waals surface area contributed by atoms with Gasteiger partial charge in [0.05, 0.1) is 6.33 Å². The highest BCUT2D eigenvalue weighted by Crippen LogP contribution is 2.20. The second-order valence-corrected chi connectivity index (χ2v) is 6.25. The number of likely N-dealkylation sites (tertiary alicyclic amines) is 1. The molecule has 0 spiro atoms. The number of hydrogen-bond acceptors (Lipinski definition) is 3. The fourth-order valence-electron chi connectivity index (χ4n) is 3.17. The minimum Gasteiger partial charge on any atom is -0.370 e. The van der Waals surface area contributed by atoms with Crippen molar-refractivity contribution in [1.82, 2.24) is 14.5 Å². The first kappa shape index (κ1) is 17.0. The Morgan fingerprint density at radius 1 is 1.24 bits per heavy atom. The molecule has 1 fully saturated rings. The van der Waals surface area contributed by atoms with Gasteiger partial charge in [-0.1, -0.05) is 12.1 Å². The molecule has 1 saturated heterocycles. The molecule has 2 amide bonds. The van der Waals surface area contributed by atoms with Crippen LogP contribution in [0, 0.1) is 0 Å². The molecule has 0 saturated carbocycles. The molecule has 1 aliphatic heterocycles. The second kappa shape index (κ2) is 7.79. The molecular formula is C19H22N4O2. The monoisotopic (exact) mass is 338 g/mol. The van der Waals surface area contributed by atoms with E-state index in [1.807, 2.05) is 35.0 Å². The van der Waals surface area contributed by atoms with Crippen molar-refractivity contribution in [3.8, 4) is 5.69 Å². The molecular weight excluding hydrogens is 316 g/mol. The van der Waals surface area contributed by atoms with Crippen molar-refractivity contribution >= 4 is 17.9 Å². The number of amides is 2. The van der Waals surface area contributed by atoms with Crippen molar-refractivity contribution in [3.63, 3.8) is 0 Å². The van der Waals surface area contributed by atoms with Crippen LogP contribution in [0.25, 0.3) is 11.8 Å². The molecule has 6 nitrogen and oxygen atoms in total. The molecule has 0 radical (unpaired) electrons.